The molecular formula is C56H49N3O. The van der Waals surface area contributed by atoms with Crippen LogP contribution in [0.4, 0.5) is 0 Å². The van der Waals surface area contributed by atoms with Crippen molar-refractivity contribution in [2.75, 3.05) is 0 Å². The third-order valence-corrected chi connectivity index (χ3v) is 10.4. The van der Waals surface area contributed by atoms with Crippen LogP contribution in [-0.4, -0.2) is 19.6 Å². The number of fused-ring (bicyclic) bond motifs is 1. The summed E-state index contributed by atoms with van der Waals surface area (Å²) in [5, 5.41) is 11.5. The normalized spacial score (nSPS) is 16.4. The molecule has 294 valence electrons. The van der Waals surface area contributed by atoms with Gasteiger partial charge in [-0.3, -0.25) is 9.55 Å². The first-order chi connectivity index (χ1) is 35.6. The molecule has 0 saturated carbocycles. The number of pyridine rings is 1. The number of hydrogen-bond donors (Lipinski definition) is 1. The third kappa shape index (κ3) is 7.53. The smallest absolute Gasteiger partial charge is 0.149 e. The lowest BCUT2D eigenvalue weighted by Gasteiger charge is -2.22. The van der Waals surface area contributed by atoms with Gasteiger partial charge in [-0.2, -0.15) is 0 Å². The molecule has 0 aliphatic heterocycles. The Bertz CT molecular complexity index is 3680. The Balaban J connectivity index is 1.32. The number of phenols is 1. The van der Waals surface area contributed by atoms with E-state index in [0.29, 0.717) is 39.1 Å². The molecule has 9 aromatic rings. The Hall–Kier alpha value is -7.04. The van der Waals surface area contributed by atoms with E-state index in [4.69, 9.17) is 25.5 Å². The lowest BCUT2D eigenvalue weighted by Crippen LogP contribution is -2.12. The van der Waals surface area contributed by atoms with Crippen molar-refractivity contribution in [1.29, 1.82) is 0 Å². The number of rotatable bonds is 7. The Morgan fingerprint density at radius 3 is 1.85 bits per heavy atom. The average molecular weight is 796 g/mol. The van der Waals surface area contributed by atoms with E-state index in [-0.39, 0.29) is 22.4 Å². The predicted octanol–water partition coefficient (Wildman–Crippen LogP) is 14.7. The molecule has 7 aromatic carbocycles. The Kier molecular flexibility index (Phi) is 6.15. The Morgan fingerprint density at radius 1 is 0.533 bits per heavy atom. The molecule has 4 nitrogen and oxygen atoms in total. The van der Waals surface area contributed by atoms with Crippen LogP contribution < -0.4 is 0 Å². The summed E-state index contributed by atoms with van der Waals surface area (Å²) in [7, 11) is 0. The molecule has 0 aliphatic rings. The first kappa shape index (κ1) is 24.1. The van der Waals surface area contributed by atoms with Gasteiger partial charge in [0.05, 0.1) is 31.9 Å². The SMILES string of the molecule is [2H]c1nc(-c2cc(-c3ccccc3)cc(-c3cccc4c3nc(-c3ccccc3O)n4-c3cc(-c4ccccc4)cc(C(C)(C)C)c3)c2)c([2H])c(-c2c([2H])c([2H])c(C(C([2H])([2H])[2H])(C([2H])([2H])[2H])C([2H])([2H])[2H])c([2H])c2[2H])c1[2H]. The molecule has 0 bridgehead atoms. The largest absolute Gasteiger partial charge is 0.507 e. The van der Waals surface area contributed by atoms with Crippen LogP contribution in [-0.2, 0) is 10.8 Å². The second-order valence-electron chi connectivity index (χ2n) is 15.7. The molecule has 0 spiro atoms. The minimum atomic E-state index is -3.92. The molecule has 9 rings (SSSR count). The predicted molar refractivity (Wildman–Crippen MR) is 251 cm³/mol. The highest BCUT2D eigenvalue weighted by Gasteiger charge is 2.23. The van der Waals surface area contributed by atoms with Crippen molar-refractivity contribution >= 4 is 11.0 Å². The molecule has 0 amide bonds. The van der Waals surface area contributed by atoms with Crippen LogP contribution in [0.15, 0.2) is 182 Å². The molecular weight excluding hydrogens is 731 g/mol. The van der Waals surface area contributed by atoms with E-state index < -0.39 is 85.1 Å². The van der Waals surface area contributed by atoms with E-state index in [9.17, 15) is 6.48 Å². The maximum atomic E-state index is 11.5. The number of para-hydroxylation sites is 2. The third-order valence-electron chi connectivity index (χ3n) is 10.4. The zero-order chi connectivity index (χ0) is 55.2. The van der Waals surface area contributed by atoms with Crippen LogP contribution in [0, 0.1) is 0 Å². The van der Waals surface area contributed by atoms with Crippen LogP contribution in [0.25, 0.3) is 83.9 Å². The van der Waals surface area contributed by atoms with E-state index in [0.717, 1.165) is 27.9 Å². The van der Waals surface area contributed by atoms with Gasteiger partial charge in [0.25, 0.3) is 0 Å². The highest BCUT2D eigenvalue weighted by molar-refractivity contribution is 5.98. The molecule has 0 atom stereocenters. The number of imidazole rings is 1. The van der Waals surface area contributed by atoms with Crippen molar-refractivity contribution in [2.45, 2.75) is 52.2 Å². The summed E-state index contributed by atoms with van der Waals surface area (Å²) in [5.41, 5.74) is 0.991. The van der Waals surface area contributed by atoms with E-state index in [2.05, 4.69) is 44.0 Å². The van der Waals surface area contributed by atoms with Crippen molar-refractivity contribution in [3.8, 4) is 78.6 Å². The first-order valence-corrected chi connectivity index (χ1v) is 19.4. The van der Waals surface area contributed by atoms with Gasteiger partial charge in [0.1, 0.15) is 11.6 Å². The van der Waals surface area contributed by atoms with E-state index in [1.807, 2.05) is 95.6 Å². The number of aromatic hydroxyl groups is 1. The van der Waals surface area contributed by atoms with Crippen molar-refractivity contribution < 1.29 is 27.0 Å². The van der Waals surface area contributed by atoms with Gasteiger partial charge in [0.2, 0.25) is 0 Å². The number of benzene rings is 7. The van der Waals surface area contributed by atoms with Gasteiger partial charge in [-0.05, 0) is 122 Å². The fourth-order valence-electron chi connectivity index (χ4n) is 7.33. The molecule has 0 aliphatic carbocycles. The van der Waals surface area contributed by atoms with Crippen LogP contribution >= 0.6 is 0 Å². The van der Waals surface area contributed by atoms with E-state index in [1.165, 1.54) is 0 Å². The van der Waals surface area contributed by atoms with Crippen LogP contribution in [0.2, 0.25) is 0 Å². The van der Waals surface area contributed by atoms with Gasteiger partial charge in [-0.25, -0.2) is 4.98 Å². The first-order valence-electron chi connectivity index (χ1n) is 27.4. The standard InChI is InChI=1S/C56H49N3O/c1-55(2,3)45-26-24-39(25-27-45)40-28-29-57-50(35-40)44-31-41(37-16-9-7-10-17-37)30-43(32-44)48-21-15-22-51-53(48)58-54(49-20-13-14-23-52(49)60)59(51)47-34-42(38-18-11-8-12-19-38)33-46(36-47)56(4,5)6/h7-36,60H,1-6H3/i1D3,2D3,3D3,24D,25D,26D,27D,28D,29D,35D. The second kappa shape index (κ2) is 15.3. The topological polar surface area (TPSA) is 50.9 Å². The zero-order valence-corrected chi connectivity index (χ0v) is 33.1. The maximum absolute atomic E-state index is 11.5. The monoisotopic (exact) mass is 795 g/mol. The zero-order valence-electron chi connectivity index (χ0n) is 49.1. The summed E-state index contributed by atoms with van der Waals surface area (Å²) in [6.07, 6.45) is -0.740. The van der Waals surface area contributed by atoms with Gasteiger partial charge in [0, 0.05) is 35.3 Å². The molecule has 4 heteroatoms. The van der Waals surface area contributed by atoms with Gasteiger partial charge in [-0.15, -0.1) is 0 Å². The quantitative estimate of drug-likeness (QED) is 0.175. The van der Waals surface area contributed by atoms with Gasteiger partial charge < -0.3 is 5.11 Å². The van der Waals surface area contributed by atoms with Crippen molar-refractivity contribution in [1.82, 2.24) is 14.5 Å². The molecule has 0 radical (unpaired) electrons. The molecule has 0 saturated heterocycles. The van der Waals surface area contributed by atoms with Crippen LogP contribution in [0.3, 0.4) is 0 Å². The van der Waals surface area contributed by atoms with E-state index in [1.54, 1.807) is 30.3 Å². The van der Waals surface area contributed by atoms with Gasteiger partial charge >= 0.3 is 0 Å². The van der Waals surface area contributed by atoms with Crippen molar-refractivity contribution in [3.63, 3.8) is 0 Å². The highest BCUT2D eigenvalue weighted by atomic mass is 16.3. The number of nitrogens with zero attached hydrogens (tertiary/aromatic N) is 3. The summed E-state index contributed by atoms with van der Waals surface area (Å²) in [6.45, 7) is -5.36. The minimum Gasteiger partial charge on any atom is -0.507 e. The lowest BCUT2D eigenvalue weighted by atomic mass is 9.85. The maximum Gasteiger partial charge on any atom is 0.149 e. The van der Waals surface area contributed by atoms with Crippen LogP contribution in [0.1, 0.15) is 74.4 Å². The molecule has 0 fully saturated rings. The van der Waals surface area contributed by atoms with E-state index >= 15 is 0 Å². The molecule has 1 N–H and O–H groups in total. The number of aromatic nitrogens is 3. The molecule has 0 unspecified atom stereocenters. The van der Waals surface area contributed by atoms with Gasteiger partial charge in [0.15, 0.2) is 0 Å². The van der Waals surface area contributed by atoms with Crippen LogP contribution in [0.5, 0.6) is 5.75 Å². The molecule has 60 heavy (non-hydrogen) atoms. The average Bonchev–Trinajstić information content (AvgIpc) is 3.90. The second-order valence-corrected chi connectivity index (χ2v) is 15.7. The molecule has 2 aromatic heterocycles. The Labute approximate surface area is 376 Å². The number of hydrogen-bond acceptors (Lipinski definition) is 3. The minimum absolute atomic E-state index is 0.000613. The van der Waals surface area contributed by atoms with Crippen molar-refractivity contribution in [2.24, 2.45) is 0 Å². The highest BCUT2D eigenvalue weighted by Crippen LogP contribution is 2.41. The lowest BCUT2D eigenvalue weighted by molar-refractivity contribution is 0.477. The van der Waals surface area contributed by atoms with Gasteiger partial charge in [-0.1, -0.05) is 156 Å². The Morgan fingerprint density at radius 2 is 1.17 bits per heavy atom. The summed E-state index contributed by atoms with van der Waals surface area (Å²) >= 11 is 0. The van der Waals surface area contributed by atoms with Crippen molar-refractivity contribution in [3.05, 3.63) is 193 Å². The summed E-state index contributed by atoms with van der Waals surface area (Å²) in [6, 6.07) is 37.3. The fraction of sp³-hybridized carbons (Fsp3) is 0.143. The summed E-state index contributed by atoms with van der Waals surface area (Å²) in [4.78, 5) is 9.70. The number of phenolic OH excluding ortho intramolecular Hbond substituents is 1. The summed E-state index contributed by atoms with van der Waals surface area (Å²) in [5.74, 6) is 0.440. The summed E-state index contributed by atoms with van der Waals surface area (Å²) < 4.78 is 140. The molecule has 2 heterocycles. The fourth-order valence-corrected chi connectivity index (χ4v) is 7.33.